The first-order valence-corrected chi connectivity index (χ1v) is 9.01. The summed E-state index contributed by atoms with van der Waals surface area (Å²) in [4.78, 5) is 2.61. The maximum absolute atomic E-state index is 11.3. The molecule has 2 bridgehead atoms. The van der Waals surface area contributed by atoms with E-state index in [-0.39, 0.29) is 0 Å². The molecule has 0 aliphatic carbocycles. The van der Waals surface area contributed by atoms with E-state index in [9.17, 15) is 4.21 Å². The smallest absolute Gasteiger partial charge is 0.0249 e. The molecule has 0 aromatic rings. The second-order valence-electron chi connectivity index (χ2n) is 6.42. The summed E-state index contributed by atoms with van der Waals surface area (Å²) in [5.41, 5.74) is 0. The van der Waals surface area contributed by atoms with Crippen LogP contribution in [0.4, 0.5) is 0 Å². The molecule has 1 N–H and O–H groups in total. The molecule has 3 aliphatic rings. The van der Waals surface area contributed by atoms with Gasteiger partial charge < -0.3 is 10.2 Å². The number of hydrogen-bond donors (Lipinski definition) is 1. The van der Waals surface area contributed by atoms with Gasteiger partial charge in [0.25, 0.3) is 0 Å². The van der Waals surface area contributed by atoms with Crippen molar-refractivity contribution in [2.75, 3.05) is 25.1 Å². The highest BCUT2D eigenvalue weighted by atomic mass is 32.2. The van der Waals surface area contributed by atoms with E-state index in [0.29, 0.717) is 6.04 Å². The molecule has 18 heavy (non-hydrogen) atoms. The Kier molecular flexibility index (Phi) is 4.06. The largest absolute Gasteiger partial charge is 0.314 e. The Morgan fingerprint density at radius 3 is 2.33 bits per heavy atom. The van der Waals surface area contributed by atoms with Crippen molar-refractivity contribution in [2.24, 2.45) is 5.92 Å². The van der Waals surface area contributed by atoms with Crippen molar-refractivity contribution in [3.63, 3.8) is 0 Å². The lowest BCUT2D eigenvalue weighted by Gasteiger charge is -2.37. The normalized spacial score (nSPS) is 45.3. The number of nitrogens with zero attached hydrogens (tertiary/aromatic N) is 1. The maximum Gasteiger partial charge on any atom is 0.0249 e. The number of rotatable bonds is 3. The van der Waals surface area contributed by atoms with Crippen molar-refractivity contribution < 1.29 is 4.21 Å². The zero-order chi connectivity index (χ0) is 12.5. The minimum absolute atomic E-state index is 0.522. The molecule has 3 saturated heterocycles. The summed E-state index contributed by atoms with van der Waals surface area (Å²) in [7, 11) is 1.79. The lowest BCUT2D eigenvalue weighted by atomic mass is 9.90. The first-order chi connectivity index (χ1) is 8.72. The molecule has 0 saturated carbocycles. The molecule has 3 aliphatic heterocycles. The lowest BCUT2D eigenvalue weighted by Crippen LogP contribution is -2.45. The zero-order valence-corrected chi connectivity index (χ0v) is 12.3. The number of nitrogens with one attached hydrogen (secondary N) is 1. The van der Waals surface area contributed by atoms with Crippen LogP contribution >= 0.6 is 0 Å². The van der Waals surface area contributed by atoms with E-state index >= 15 is 0 Å². The monoisotopic (exact) mass is 270 g/mol. The van der Waals surface area contributed by atoms with Crippen LogP contribution in [0.1, 0.15) is 38.5 Å². The predicted octanol–water partition coefficient (Wildman–Crippen LogP) is 1.36. The molecule has 3 nitrogen and oxygen atoms in total. The molecule has 0 amide bonds. The van der Waals surface area contributed by atoms with Gasteiger partial charge in [-0.15, -0.1) is 0 Å². The van der Waals surface area contributed by atoms with Crippen LogP contribution in [0.5, 0.6) is 0 Å². The Labute approximate surface area is 113 Å². The molecule has 2 atom stereocenters. The Balaban J connectivity index is 1.43. The molecule has 0 aromatic heterocycles. The van der Waals surface area contributed by atoms with Gasteiger partial charge in [-0.3, -0.25) is 4.21 Å². The van der Waals surface area contributed by atoms with Crippen LogP contribution in [-0.4, -0.2) is 52.3 Å². The molecule has 2 unspecified atom stereocenters. The second kappa shape index (κ2) is 5.59. The first kappa shape index (κ1) is 13.1. The van der Waals surface area contributed by atoms with Gasteiger partial charge >= 0.3 is 0 Å². The Bertz CT molecular complexity index is 299. The fourth-order valence-electron chi connectivity index (χ4n) is 4.02. The SMILES string of the molecule is CN1C2CCC1CC(CNC1CCS(=O)CC1)C2. The summed E-state index contributed by atoms with van der Waals surface area (Å²) in [6, 6.07) is 2.35. The molecular formula is C14H26N2OS. The van der Waals surface area contributed by atoms with E-state index in [1.165, 1.54) is 32.2 Å². The minimum atomic E-state index is -0.522. The van der Waals surface area contributed by atoms with Crippen LogP contribution in [0.25, 0.3) is 0 Å². The summed E-state index contributed by atoms with van der Waals surface area (Å²) in [5.74, 6) is 2.71. The predicted molar refractivity (Wildman–Crippen MR) is 76.2 cm³/mol. The highest BCUT2D eigenvalue weighted by Gasteiger charge is 2.38. The van der Waals surface area contributed by atoms with Crippen LogP contribution in [0.3, 0.4) is 0 Å². The average Bonchev–Trinajstić information content (AvgIpc) is 2.62. The van der Waals surface area contributed by atoms with Crippen molar-refractivity contribution in [3.8, 4) is 0 Å². The van der Waals surface area contributed by atoms with E-state index in [4.69, 9.17) is 0 Å². The average molecular weight is 270 g/mol. The van der Waals surface area contributed by atoms with Crippen LogP contribution in [-0.2, 0) is 10.8 Å². The van der Waals surface area contributed by atoms with Crippen molar-refractivity contribution in [2.45, 2.75) is 56.7 Å². The van der Waals surface area contributed by atoms with E-state index in [0.717, 1.165) is 42.3 Å². The highest BCUT2D eigenvalue weighted by Crippen LogP contribution is 2.37. The summed E-state index contributed by atoms with van der Waals surface area (Å²) < 4.78 is 11.3. The third-order valence-corrected chi connectivity index (χ3v) is 6.66. The molecule has 3 heterocycles. The fraction of sp³-hybridized carbons (Fsp3) is 1.00. The van der Waals surface area contributed by atoms with Crippen LogP contribution in [0, 0.1) is 5.92 Å². The van der Waals surface area contributed by atoms with Gasteiger partial charge in [-0.05, 0) is 58.0 Å². The van der Waals surface area contributed by atoms with Gasteiger partial charge in [0.15, 0.2) is 0 Å². The van der Waals surface area contributed by atoms with Crippen molar-refractivity contribution in [1.82, 2.24) is 10.2 Å². The van der Waals surface area contributed by atoms with Gasteiger partial charge in [-0.25, -0.2) is 0 Å². The van der Waals surface area contributed by atoms with E-state index < -0.39 is 10.8 Å². The number of hydrogen-bond acceptors (Lipinski definition) is 3. The van der Waals surface area contributed by atoms with Gasteiger partial charge in [-0.1, -0.05) is 0 Å². The summed E-state index contributed by atoms with van der Waals surface area (Å²) in [6.45, 7) is 1.19. The van der Waals surface area contributed by atoms with Crippen molar-refractivity contribution >= 4 is 10.8 Å². The topological polar surface area (TPSA) is 32.3 Å². The van der Waals surface area contributed by atoms with E-state index in [1.54, 1.807) is 0 Å². The van der Waals surface area contributed by atoms with Gasteiger partial charge in [0.2, 0.25) is 0 Å². The second-order valence-corrected chi connectivity index (χ2v) is 8.11. The molecule has 3 fully saturated rings. The summed E-state index contributed by atoms with van der Waals surface area (Å²) >= 11 is 0. The minimum Gasteiger partial charge on any atom is -0.314 e. The van der Waals surface area contributed by atoms with Gasteiger partial charge in [0.1, 0.15) is 0 Å². The quantitative estimate of drug-likeness (QED) is 0.840. The van der Waals surface area contributed by atoms with Gasteiger partial charge in [0.05, 0.1) is 0 Å². The van der Waals surface area contributed by atoms with Crippen molar-refractivity contribution in [1.29, 1.82) is 0 Å². The van der Waals surface area contributed by atoms with Crippen molar-refractivity contribution in [3.05, 3.63) is 0 Å². The van der Waals surface area contributed by atoms with Gasteiger partial charge in [-0.2, -0.15) is 0 Å². The van der Waals surface area contributed by atoms with Crippen LogP contribution < -0.4 is 5.32 Å². The summed E-state index contributed by atoms with van der Waals surface area (Å²) in [6.07, 6.45) is 7.84. The van der Waals surface area contributed by atoms with E-state index in [1.807, 2.05) is 0 Å². The lowest BCUT2D eigenvalue weighted by molar-refractivity contribution is 0.131. The Morgan fingerprint density at radius 2 is 1.72 bits per heavy atom. The Hall–Kier alpha value is 0.0700. The zero-order valence-electron chi connectivity index (χ0n) is 11.4. The highest BCUT2D eigenvalue weighted by molar-refractivity contribution is 7.85. The third kappa shape index (κ3) is 2.81. The third-order valence-electron chi connectivity index (χ3n) is 5.28. The fourth-order valence-corrected chi connectivity index (χ4v) is 5.32. The molecule has 0 spiro atoms. The van der Waals surface area contributed by atoms with E-state index in [2.05, 4.69) is 17.3 Å². The molecule has 4 heteroatoms. The molecular weight excluding hydrogens is 244 g/mol. The van der Waals surface area contributed by atoms with Crippen LogP contribution in [0.2, 0.25) is 0 Å². The first-order valence-electron chi connectivity index (χ1n) is 7.52. The number of piperidine rings is 1. The number of fused-ring (bicyclic) bond motifs is 2. The molecule has 0 radical (unpaired) electrons. The maximum atomic E-state index is 11.3. The van der Waals surface area contributed by atoms with Crippen LogP contribution in [0.15, 0.2) is 0 Å². The Morgan fingerprint density at radius 1 is 1.11 bits per heavy atom. The molecule has 0 aromatic carbocycles. The molecule has 104 valence electrons. The van der Waals surface area contributed by atoms with Gasteiger partial charge in [0, 0.05) is 40.4 Å². The standard InChI is InChI=1S/C14H26N2OS/c1-16-13-2-3-14(16)9-11(8-13)10-15-12-4-6-18(17)7-5-12/h11-15H,2-10H2,1H3. The summed E-state index contributed by atoms with van der Waals surface area (Å²) in [5, 5.41) is 3.74. The molecule has 3 rings (SSSR count).